The van der Waals surface area contributed by atoms with E-state index in [0.29, 0.717) is 30.6 Å². The quantitative estimate of drug-likeness (QED) is 0.692. The summed E-state index contributed by atoms with van der Waals surface area (Å²) in [7, 11) is 0. The Labute approximate surface area is 181 Å². The summed E-state index contributed by atoms with van der Waals surface area (Å²) in [6.45, 7) is 4.21. The van der Waals surface area contributed by atoms with Gasteiger partial charge in [0, 0.05) is 56.2 Å². The number of nitrogens with one attached hydrogen (secondary N) is 1. The lowest BCUT2D eigenvalue weighted by molar-refractivity contribution is -0.123. The molecule has 5 aliphatic rings. The molecule has 2 atom stereocenters. The van der Waals surface area contributed by atoms with Crippen LogP contribution < -0.4 is 5.32 Å². The van der Waals surface area contributed by atoms with Crippen molar-refractivity contribution in [3.8, 4) is 0 Å². The molecule has 31 heavy (non-hydrogen) atoms. The van der Waals surface area contributed by atoms with Crippen molar-refractivity contribution in [1.82, 2.24) is 20.3 Å². The number of carbonyl (C=O) groups excluding carboxylic acids is 2. The molecule has 2 N–H and O–H groups in total. The molecule has 168 valence electrons. The zero-order chi connectivity index (χ0) is 21.6. The zero-order valence-electron chi connectivity index (χ0n) is 17.7. The van der Waals surface area contributed by atoms with Crippen LogP contribution in [0.5, 0.6) is 0 Å². The van der Waals surface area contributed by atoms with Gasteiger partial charge in [-0.15, -0.1) is 0 Å². The lowest BCUT2D eigenvalue weighted by Gasteiger charge is -2.42. The Bertz CT molecular complexity index is 854. The van der Waals surface area contributed by atoms with Gasteiger partial charge in [0.15, 0.2) is 5.69 Å². The number of hydrogen-bond donors (Lipinski definition) is 2. The molecule has 5 fully saturated rings. The smallest absolute Gasteiger partial charge is 0.290 e. The summed E-state index contributed by atoms with van der Waals surface area (Å²) in [5, 5.41) is 14.2. The lowest BCUT2D eigenvalue weighted by Crippen LogP contribution is -2.56. The van der Waals surface area contributed by atoms with Crippen molar-refractivity contribution in [2.45, 2.75) is 50.0 Å². The Kier molecular flexibility index (Phi) is 5.24. The Morgan fingerprint density at radius 2 is 1.97 bits per heavy atom. The molecule has 0 radical (unpaired) electrons. The molecule has 0 aromatic carbocycles. The SMILES string of the molecule is O=C1NC2(CCN(C(=O)c3cc(C4CC4)on3)CC2)[C@H]2CN(CC3CC3)C[C@@H]12.O=CO. The summed E-state index contributed by atoms with van der Waals surface area (Å²) < 4.78 is 5.35. The molecule has 3 saturated heterocycles. The highest BCUT2D eigenvalue weighted by Crippen LogP contribution is 2.45. The van der Waals surface area contributed by atoms with Gasteiger partial charge in [-0.1, -0.05) is 5.16 Å². The summed E-state index contributed by atoms with van der Waals surface area (Å²) in [5.41, 5.74) is 0.308. The number of hydrogen-bond acceptors (Lipinski definition) is 6. The molecule has 1 spiro atoms. The van der Waals surface area contributed by atoms with E-state index in [1.807, 2.05) is 11.0 Å². The minimum Gasteiger partial charge on any atom is -0.483 e. The van der Waals surface area contributed by atoms with Crippen LogP contribution in [0.4, 0.5) is 0 Å². The molecule has 1 aromatic rings. The van der Waals surface area contributed by atoms with Crippen LogP contribution in [-0.2, 0) is 9.59 Å². The maximum absolute atomic E-state index is 12.8. The van der Waals surface area contributed by atoms with E-state index in [1.54, 1.807) is 0 Å². The monoisotopic (exact) mass is 430 g/mol. The molecule has 3 aliphatic heterocycles. The number of aromatic nitrogens is 1. The van der Waals surface area contributed by atoms with E-state index < -0.39 is 0 Å². The summed E-state index contributed by atoms with van der Waals surface area (Å²) in [5.74, 6) is 2.90. The third-order valence-corrected chi connectivity index (χ3v) is 7.70. The Balaban J connectivity index is 0.000000646. The first-order valence-corrected chi connectivity index (χ1v) is 11.4. The van der Waals surface area contributed by atoms with Gasteiger partial charge < -0.3 is 24.7 Å². The first-order valence-electron chi connectivity index (χ1n) is 11.4. The maximum atomic E-state index is 12.8. The van der Waals surface area contributed by atoms with Gasteiger partial charge in [-0.2, -0.15) is 0 Å². The molecule has 2 aliphatic carbocycles. The molecule has 1 aromatic heterocycles. The van der Waals surface area contributed by atoms with E-state index in [9.17, 15) is 9.59 Å². The Morgan fingerprint density at radius 1 is 1.26 bits per heavy atom. The van der Waals surface area contributed by atoms with Gasteiger partial charge >= 0.3 is 0 Å². The fourth-order valence-corrected chi connectivity index (χ4v) is 5.67. The first-order chi connectivity index (χ1) is 15.0. The van der Waals surface area contributed by atoms with E-state index in [1.165, 1.54) is 12.8 Å². The molecule has 9 heteroatoms. The van der Waals surface area contributed by atoms with Crippen molar-refractivity contribution in [3.05, 3.63) is 17.5 Å². The van der Waals surface area contributed by atoms with Gasteiger partial charge in [0.25, 0.3) is 12.4 Å². The number of rotatable bonds is 4. The average Bonchev–Trinajstić information content (AvgIpc) is 3.66. The number of amides is 2. The maximum Gasteiger partial charge on any atom is 0.290 e. The van der Waals surface area contributed by atoms with Gasteiger partial charge in [0.2, 0.25) is 5.91 Å². The van der Waals surface area contributed by atoms with Crippen LogP contribution in [0.2, 0.25) is 0 Å². The van der Waals surface area contributed by atoms with Gasteiger partial charge in [-0.25, -0.2) is 0 Å². The van der Waals surface area contributed by atoms with Crippen molar-refractivity contribution < 1.29 is 24.0 Å². The second-order valence-corrected chi connectivity index (χ2v) is 9.81. The summed E-state index contributed by atoms with van der Waals surface area (Å²) in [6.07, 6.45) is 6.66. The lowest BCUT2D eigenvalue weighted by atomic mass is 9.75. The Morgan fingerprint density at radius 3 is 2.61 bits per heavy atom. The van der Waals surface area contributed by atoms with Crippen molar-refractivity contribution in [2.24, 2.45) is 17.8 Å². The van der Waals surface area contributed by atoms with Crippen LogP contribution >= 0.6 is 0 Å². The average molecular weight is 431 g/mol. The molecule has 6 rings (SSSR count). The molecular formula is C22H30N4O5. The van der Waals surface area contributed by atoms with Crippen molar-refractivity contribution in [3.63, 3.8) is 0 Å². The summed E-state index contributed by atoms with van der Waals surface area (Å²) >= 11 is 0. The summed E-state index contributed by atoms with van der Waals surface area (Å²) in [6, 6.07) is 1.82. The van der Waals surface area contributed by atoms with E-state index in [-0.39, 0.29) is 29.7 Å². The number of carboxylic acid groups (broad SMARTS) is 1. The highest BCUT2D eigenvalue weighted by atomic mass is 16.5. The minimum absolute atomic E-state index is 0.0341. The van der Waals surface area contributed by atoms with Crippen LogP contribution in [0.3, 0.4) is 0 Å². The molecule has 2 amide bonds. The minimum atomic E-state index is -0.250. The molecule has 0 bridgehead atoms. The molecule has 0 unspecified atom stereocenters. The fourth-order valence-electron chi connectivity index (χ4n) is 5.67. The van der Waals surface area contributed by atoms with Gasteiger partial charge in [-0.05, 0) is 44.4 Å². The van der Waals surface area contributed by atoms with Crippen LogP contribution in [0, 0.1) is 17.8 Å². The van der Waals surface area contributed by atoms with Crippen molar-refractivity contribution in [2.75, 3.05) is 32.7 Å². The van der Waals surface area contributed by atoms with Crippen LogP contribution in [0.15, 0.2) is 10.6 Å². The second-order valence-electron chi connectivity index (χ2n) is 9.81. The van der Waals surface area contributed by atoms with Crippen LogP contribution in [0.25, 0.3) is 0 Å². The molecule has 2 saturated carbocycles. The predicted octanol–water partition coefficient (Wildman–Crippen LogP) is 1.32. The Hall–Kier alpha value is -2.42. The van der Waals surface area contributed by atoms with E-state index in [4.69, 9.17) is 14.4 Å². The predicted molar refractivity (Wildman–Crippen MR) is 109 cm³/mol. The molecular weight excluding hydrogens is 400 g/mol. The highest BCUT2D eigenvalue weighted by molar-refractivity contribution is 5.92. The number of nitrogens with zero attached hydrogens (tertiary/aromatic N) is 3. The third kappa shape index (κ3) is 3.95. The van der Waals surface area contributed by atoms with E-state index in [0.717, 1.165) is 57.0 Å². The normalized spacial score (nSPS) is 29.3. The summed E-state index contributed by atoms with van der Waals surface area (Å²) in [4.78, 5) is 38.2. The van der Waals surface area contributed by atoms with Crippen molar-refractivity contribution in [1.29, 1.82) is 0 Å². The van der Waals surface area contributed by atoms with E-state index >= 15 is 0 Å². The highest BCUT2D eigenvalue weighted by Gasteiger charge is 2.57. The molecule has 9 nitrogen and oxygen atoms in total. The fraction of sp³-hybridized carbons (Fsp3) is 0.727. The van der Waals surface area contributed by atoms with Crippen LogP contribution in [0.1, 0.15) is 60.7 Å². The topological polar surface area (TPSA) is 116 Å². The van der Waals surface area contributed by atoms with Gasteiger partial charge in [0.05, 0.1) is 5.92 Å². The second kappa shape index (κ2) is 7.93. The number of fused-ring (bicyclic) bond motifs is 2. The molecule has 4 heterocycles. The first kappa shape index (κ1) is 20.5. The number of likely N-dealkylation sites (tertiary alicyclic amines) is 2. The third-order valence-electron chi connectivity index (χ3n) is 7.70. The van der Waals surface area contributed by atoms with Crippen molar-refractivity contribution >= 4 is 18.3 Å². The van der Waals surface area contributed by atoms with Crippen LogP contribution in [-0.4, -0.2) is 76.6 Å². The zero-order valence-corrected chi connectivity index (χ0v) is 17.7. The number of piperidine rings is 1. The van der Waals surface area contributed by atoms with Gasteiger partial charge in [-0.3, -0.25) is 14.4 Å². The van der Waals surface area contributed by atoms with E-state index in [2.05, 4.69) is 15.4 Å². The number of carbonyl (C=O) groups is 3. The van der Waals surface area contributed by atoms with Gasteiger partial charge in [0.1, 0.15) is 5.76 Å². The standard InChI is InChI=1S/C21H28N4O3.CH2O2/c26-19-15-11-24(10-13-1-2-13)12-16(15)21(22-19)5-7-25(8-6-21)20(27)17-9-18(28-23-17)14-3-4-14;2-1-3/h9,13-16H,1-8,10-12H2,(H,22,26);1H,(H,2,3)/t15-,16+;/m1./s1. The largest absolute Gasteiger partial charge is 0.483 e.